The van der Waals surface area contributed by atoms with Crippen molar-refractivity contribution in [3.8, 4) is 0 Å². The lowest BCUT2D eigenvalue weighted by molar-refractivity contribution is -0.146. The van der Waals surface area contributed by atoms with Gasteiger partial charge in [0.2, 0.25) is 5.91 Å². The fourth-order valence-corrected chi connectivity index (χ4v) is 3.55. The summed E-state index contributed by atoms with van der Waals surface area (Å²) in [4.78, 5) is 14.9. The maximum absolute atomic E-state index is 12.9. The Morgan fingerprint density at radius 1 is 0.750 bits per heavy atom. The second-order valence-electron chi connectivity index (χ2n) is 10.0. The Morgan fingerprint density at radius 3 is 1.40 bits per heavy atom. The molecule has 0 aromatic rings. The van der Waals surface area contributed by atoms with Gasteiger partial charge in [0.25, 0.3) is 0 Å². The normalized spacial score (nSPS) is 14.3. The van der Waals surface area contributed by atoms with Crippen molar-refractivity contribution >= 4 is 5.91 Å². The SMILES string of the molecule is CN(C(=O)C(C)(C)CC(C)(C)C)C(C)(C)CC(C)(C)C. The number of hydrogen-bond donors (Lipinski definition) is 0. The molecule has 0 aromatic carbocycles. The van der Waals surface area contributed by atoms with Crippen molar-refractivity contribution in [2.45, 2.75) is 87.6 Å². The van der Waals surface area contributed by atoms with Gasteiger partial charge < -0.3 is 4.90 Å². The second-order valence-corrected chi connectivity index (χ2v) is 10.0. The molecule has 1 amide bonds. The maximum atomic E-state index is 12.9. The van der Waals surface area contributed by atoms with E-state index in [1.807, 2.05) is 11.9 Å². The van der Waals surface area contributed by atoms with Crippen LogP contribution in [0.4, 0.5) is 0 Å². The van der Waals surface area contributed by atoms with Crippen molar-refractivity contribution in [3.63, 3.8) is 0 Å². The standard InChI is InChI=1S/C18H37NO/c1-15(2,3)12-17(7,8)14(20)19(11)18(9,10)13-16(4,5)6/h12-13H2,1-11H3. The van der Waals surface area contributed by atoms with Gasteiger partial charge in [-0.2, -0.15) is 0 Å². The molecule has 0 aliphatic carbocycles. The summed E-state index contributed by atoms with van der Waals surface area (Å²) in [7, 11) is 1.96. The van der Waals surface area contributed by atoms with Gasteiger partial charge in [-0.25, -0.2) is 0 Å². The molecule has 0 atom stereocenters. The minimum atomic E-state index is -0.317. The van der Waals surface area contributed by atoms with Crippen LogP contribution in [-0.2, 0) is 4.79 Å². The van der Waals surface area contributed by atoms with Gasteiger partial charge in [-0.15, -0.1) is 0 Å². The fourth-order valence-electron chi connectivity index (χ4n) is 3.55. The molecule has 0 unspecified atom stereocenters. The Bertz CT molecular complexity index is 339. The molecule has 2 heteroatoms. The highest BCUT2D eigenvalue weighted by Crippen LogP contribution is 2.38. The molecular weight excluding hydrogens is 246 g/mol. The van der Waals surface area contributed by atoms with Gasteiger partial charge in [0.1, 0.15) is 0 Å². The largest absolute Gasteiger partial charge is 0.340 e. The van der Waals surface area contributed by atoms with E-state index >= 15 is 0 Å². The van der Waals surface area contributed by atoms with E-state index in [2.05, 4.69) is 69.2 Å². The Kier molecular flexibility index (Phi) is 5.54. The van der Waals surface area contributed by atoms with E-state index in [1.54, 1.807) is 0 Å². The molecule has 0 aliphatic rings. The minimum absolute atomic E-state index is 0.121. The number of rotatable bonds is 4. The molecule has 0 saturated carbocycles. The number of carbonyl (C=O) groups excluding carboxylic acids is 1. The van der Waals surface area contributed by atoms with Gasteiger partial charge in [0.05, 0.1) is 0 Å². The second kappa shape index (κ2) is 5.69. The average Bonchev–Trinajstić information content (AvgIpc) is 2.07. The van der Waals surface area contributed by atoms with Crippen LogP contribution in [0.1, 0.15) is 82.1 Å². The minimum Gasteiger partial charge on any atom is -0.340 e. The molecule has 0 bridgehead atoms. The summed E-state index contributed by atoms with van der Waals surface area (Å²) in [6.07, 6.45) is 1.89. The van der Waals surface area contributed by atoms with Crippen molar-refractivity contribution in [3.05, 3.63) is 0 Å². The van der Waals surface area contributed by atoms with Gasteiger partial charge in [-0.1, -0.05) is 55.4 Å². The lowest BCUT2D eigenvalue weighted by Crippen LogP contribution is -2.52. The summed E-state index contributed by atoms with van der Waals surface area (Å²) in [6.45, 7) is 21.8. The summed E-state index contributed by atoms with van der Waals surface area (Å²) >= 11 is 0. The van der Waals surface area contributed by atoms with E-state index in [4.69, 9.17) is 0 Å². The first-order valence-electron chi connectivity index (χ1n) is 7.76. The monoisotopic (exact) mass is 283 g/mol. The van der Waals surface area contributed by atoms with Gasteiger partial charge in [0.15, 0.2) is 0 Å². The van der Waals surface area contributed by atoms with Crippen LogP contribution in [0.3, 0.4) is 0 Å². The summed E-state index contributed by atoms with van der Waals surface area (Å²) in [5, 5.41) is 0. The Hall–Kier alpha value is -0.530. The highest BCUT2D eigenvalue weighted by molar-refractivity contribution is 5.82. The van der Waals surface area contributed by atoms with Crippen LogP contribution < -0.4 is 0 Å². The maximum Gasteiger partial charge on any atom is 0.228 e. The molecule has 0 saturated heterocycles. The van der Waals surface area contributed by atoms with Crippen LogP contribution in [-0.4, -0.2) is 23.4 Å². The summed E-state index contributed by atoms with van der Waals surface area (Å²) in [5.74, 6) is 0.252. The number of amides is 1. The van der Waals surface area contributed by atoms with Crippen LogP contribution in [0.2, 0.25) is 0 Å². The van der Waals surface area contributed by atoms with Gasteiger partial charge >= 0.3 is 0 Å². The van der Waals surface area contributed by atoms with Crippen molar-refractivity contribution in [1.82, 2.24) is 4.90 Å². The zero-order valence-corrected chi connectivity index (χ0v) is 15.8. The predicted octanol–water partition coefficient (Wildman–Crippen LogP) is 5.12. The first kappa shape index (κ1) is 19.5. The molecule has 0 aromatic heterocycles. The lowest BCUT2D eigenvalue weighted by Gasteiger charge is -2.44. The summed E-state index contributed by atoms with van der Waals surface area (Å²) in [5.41, 5.74) is -0.0625. The van der Waals surface area contributed by atoms with Crippen LogP contribution in [0, 0.1) is 16.2 Å². The number of hydrogen-bond acceptors (Lipinski definition) is 1. The molecule has 0 spiro atoms. The van der Waals surface area contributed by atoms with Crippen molar-refractivity contribution < 1.29 is 4.79 Å². The van der Waals surface area contributed by atoms with E-state index in [1.165, 1.54) is 0 Å². The van der Waals surface area contributed by atoms with Crippen LogP contribution in [0.25, 0.3) is 0 Å². The smallest absolute Gasteiger partial charge is 0.228 e. The molecule has 0 aliphatic heterocycles. The molecule has 0 rings (SSSR count). The van der Waals surface area contributed by atoms with E-state index in [0.717, 1.165) is 12.8 Å². The quantitative estimate of drug-likeness (QED) is 0.701. The van der Waals surface area contributed by atoms with Crippen LogP contribution in [0.5, 0.6) is 0 Å². The van der Waals surface area contributed by atoms with Gasteiger partial charge in [-0.3, -0.25) is 4.79 Å². The zero-order valence-electron chi connectivity index (χ0n) is 15.8. The Morgan fingerprint density at radius 2 is 1.10 bits per heavy atom. The number of carbonyl (C=O) groups is 1. The molecule has 0 heterocycles. The average molecular weight is 284 g/mol. The molecule has 20 heavy (non-hydrogen) atoms. The molecule has 0 radical (unpaired) electrons. The van der Waals surface area contributed by atoms with Crippen molar-refractivity contribution in [2.24, 2.45) is 16.2 Å². The highest BCUT2D eigenvalue weighted by Gasteiger charge is 2.40. The van der Waals surface area contributed by atoms with E-state index in [9.17, 15) is 4.79 Å². The first-order valence-corrected chi connectivity index (χ1v) is 7.76. The lowest BCUT2D eigenvalue weighted by atomic mass is 9.74. The molecule has 2 nitrogen and oxygen atoms in total. The first-order chi connectivity index (χ1) is 8.48. The molecule has 120 valence electrons. The number of nitrogens with zero attached hydrogens (tertiary/aromatic N) is 1. The third kappa shape index (κ3) is 6.28. The molecular formula is C18H37NO. The third-order valence-corrected chi connectivity index (χ3v) is 3.73. The Balaban J connectivity index is 5.10. The fraction of sp³-hybridized carbons (Fsp3) is 0.944. The van der Waals surface area contributed by atoms with Crippen molar-refractivity contribution in [2.75, 3.05) is 7.05 Å². The zero-order chi connectivity index (χ0) is 16.6. The predicted molar refractivity (Wildman–Crippen MR) is 88.8 cm³/mol. The van der Waals surface area contributed by atoms with Crippen LogP contribution in [0.15, 0.2) is 0 Å². The third-order valence-electron chi connectivity index (χ3n) is 3.73. The van der Waals surface area contributed by atoms with Crippen molar-refractivity contribution in [1.29, 1.82) is 0 Å². The van der Waals surface area contributed by atoms with Gasteiger partial charge in [0, 0.05) is 18.0 Å². The van der Waals surface area contributed by atoms with E-state index in [0.29, 0.717) is 0 Å². The highest BCUT2D eigenvalue weighted by atomic mass is 16.2. The summed E-state index contributed by atoms with van der Waals surface area (Å²) < 4.78 is 0. The van der Waals surface area contributed by atoms with E-state index < -0.39 is 0 Å². The summed E-state index contributed by atoms with van der Waals surface area (Å²) in [6, 6.07) is 0. The molecule has 0 fully saturated rings. The van der Waals surface area contributed by atoms with Gasteiger partial charge in [-0.05, 0) is 37.5 Å². The Labute approximate surface area is 127 Å². The van der Waals surface area contributed by atoms with Crippen LogP contribution >= 0.6 is 0 Å². The van der Waals surface area contributed by atoms with E-state index in [-0.39, 0.29) is 27.7 Å². The molecule has 0 N–H and O–H groups in total. The topological polar surface area (TPSA) is 20.3 Å².